The summed E-state index contributed by atoms with van der Waals surface area (Å²) < 4.78 is 2.08. The number of aromatic nitrogens is 1. The van der Waals surface area contributed by atoms with Gasteiger partial charge in [-0.2, -0.15) is 0 Å². The maximum absolute atomic E-state index is 12.2. The molecule has 17 heavy (non-hydrogen) atoms. The second-order valence-corrected chi connectivity index (χ2v) is 4.78. The van der Waals surface area contributed by atoms with E-state index in [1.165, 1.54) is 0 Å². The molecule has 1 N–H and O–H groups in total. The molecule has 1 saturated carbocycles. The quantitative estimate of drug-likeness (QED) is 0.841. The zero-order valence-electron chi connectivity index (χ0n) is 10.2. The first kappa shape index (κ1) is 10.4. The summed E-state index contributed by atoms with van der Waals surface area (Å²) in [6.07, 6.45) is 2.24. The van der Waals surface area contributed by atoms with Crippen LogP contribution in [0.1, 0.15) is 28.9 Å². The van der Waals surface area contributed by atoms with Crippen LogP contribution in [-0.4, -0.2) is 16.5 Å². The van der Waals surface area contributed by atoms with Crippen LogP contribution in [-0.2, 0) is 7.05 Å². The molecule has 1 aromatic heterocycles. The first-order valence-corrected chi connectivity index (χ1v) is 6.03. The lowest BCUT2D eigenvalue weighted by molar-refractivity contribution is 0.0952. The van der Waals surface area contributed by atoms with E-state index in [4.69, 9.17) is 0 Å². The van der Waals surface area contributed by atoms with Gasteiger partial charge in [-0.25, -0.2) is 0 Å². The van der Waals surface area contributed by atoms with Crippen LogP contribution in [0.4, 0.5) is 0 Å². The van der Waals surface area contributed by atoms with Crippen molar-refractivity contribution >= 4 is 16.8 Å². The number of rotatable bonds is 2. The average molecular weight is 228 g/mol. The zero-order chi connectivity index (χ0) is 12.0. The number of hydrogen-bond acceptors (Lipinski definition) is 1. The van der Waals surface area contributed by atoms with Gasteiger partial charge >= 0.3 is 0 Å². The molecule has 1 aliphatic rings. The number of hydrogen-bond donors (Lipinski definition) is 1. The summed E-state index contributed by atoms with van der Waals surface area (Å²) in [6.45, 7) is 2.00. The molecule has 1 aliphatic carbocycles. The number of carbonyl (C=O) groups is 1. The topological polar surface area (TPSA) is 34.0 Å². The number of carbonyl (C=O) groups excluding carboxylic acids is 1. The van der Waals surface area contributed by atoms with Gasteiger partial charge in [-0.15, -0.1) is 0 Å². The second-order valence-electron chi connectivity index (χ2n) is 4.78. The maximum atomic E-state index is 12.2. The summed E-state index contributed by atoms with van der Waals surface area (Å²) in [5, 5.41) is 4.11. The molecule has 0 saturated heterocycles. The Labute approximate surface area is 100 Å². The maximum Gasteiger partial charge on any atom is 0.253 e. The Morgan fingerprint density at radius 2 is 2.06 bits per heavy atom. The van der Waals surface area contributed by atoms with Gasteiger partial charge in [-0.3, -0.25) is 4.79 Å². The number of fused-ring (bicyclic) bond motifs is 1. The van der Waals surface area contributed by atoms with Crippen LogP contribution in [0.3, 0.4) is 0 Å². The highest BCUT2D eigenvalue weighted by molar-refractivity contribution is 6.08. The van der Waals surface area contributed by atoms with Crippen LogP contribution in [0.25, 0.3) is 10.9 Å². The van der Waals surface area contributed by atoms with Gasteiger partial charge in [0.2, 0.25) is 0 Å². The third kappa shape index (κ3) is 1.62. The van der Waals surface area contributed by atoms with Crippen molar-refractivity contribution in [2.24, 2.45) is 7.05 Å². The van der Waals surface area contributed by atoms with Crippen LogP contribution in [0.2, 0.25) is 0 Å². The number of nitrogens with zero attached hydrogens (tertiary/aromatic N) is 1. The SMILES string of the molecule is Cc1c(C(=O)NC2CC2)c2ccccc2n1C. The van der Waals surface area contributed by atoms with Crippen LogP contribution < -0.4 is 5.32 Å². The van der Waals surface area contributed by atoms with Crippen LogP contribution in [0, 0.1) is 6.92 Å². The van der Waals surface area contributed by atoms with Gasteiger partial charge < -0.3 is 9.88 Å². The highest BCUT2D eigenvalue weighted by Gasteiger charge is 2.26. The minimum absolute atomic E-state index is 0.0711. The van der Waals surface area contributed by atoms with Gasteiger partial charge in [-0.05, 0) is 25.8 Å². The standard InChI is InChI=1S/C14H16N2O/c1-9-13(14(17)15-10-7-8-10)11-5-3-4-6-12(11)16(9)2/h3-6,10H,7-8H2,1-2H3,(H,15,17). The third-order valence-corrected chi connectivity index (χ3v) is 3.54. The molecule has 1 amide bonds. The largest absolute Gasteiger partial charge is 0.349 e. The van der Waals surface area contributed by atoms with Crippen molar-refractivity contribution in [1.29, 1.82) is 0 Å². The summed E-state index contributed by atoms with van der Waals surface area (Å²) in [4.78, 5) is 12.2. The fourth-order valence-corrected chi connectivity index (χ4v) is 2.29. The minimum atomic E-state index is 0.0711. The molecule has 3 rings (SSSR count). The van der Waals surface area contributed by atoms with Crippen molar-refractivity contribution in [1.82, 2.24) is 9.88 Å². The van der Waals surface area contributed by atoms with E-state index in [0.717, 1.165) is 35.0 Å². The number of benzene rings is 1. The Kier molecular flexibility index (Phi) is 2.21. The monoisotopic (exact) mass is 228 g/mol. The first-order chi connectivity index (χ1) is 8.18. The summed E-state index contributed by atoms with van der Waals surface area (Å²) in [5.74, 6) is 0.0711. The van der Waals surface area contributed by atoms with E-state index in [2.05, 4.69) is 16.0 Å². The van der Waals surface area contributed by atoms with Gasteiger partial charge in [0.05, 0.1) is 5.56 Å². The number of aryl methyl sites for hydroxylation is 1. The fraction of sp³-hybridized carbons (Fsp3) is 0.357. The first-order valence-electron chi connectivity index (χ1n) is 6.03. The summed E-state index contributed by atoms with van der Waals surface area (Å²) >= 11 is 0. The van der Waals surface area contributed by atoms with Crippen LogP contribution in [0.5, 0.6) is 0 Å². The van der Waals surface area contributed by atoms with Gasteiger partial charge in [0.15, 0.2) is 0 Å². The predicted molar refractivity (Wildman–Crippen MR) is 68.1 cm³/mol. The van der Waals surface area contributed by atoms with E-state index in [1.807, 2.05) is 32.2 Å². The normalized spacial score (nSPS) is 15.2. The molecule has 0 radical (unpaired) electrons. The van der Waals surface area contributed by atoms with Crippen molar-refractivity contribution in [3.05, 3.63) is 35.5 Å². The zero-order valence-corrected chi connectivity index (χ0v) is 10.2. The molecular formula is C14H16N2O. The number of amides is 1. The molecule has 1 heterocycles. The van der Waals surface area contributed by atoms with E-state index >= 15 is 0 Å². The predicted octanol–water partition coefficient (Wildman–Crippen LogP) is 2.38. The van der Waals surface area contributed by atoms with E-state index in [-0.39, 0.29) is 5.91 Å². The van der Waals surface area contributed by atoms with Gasteiger partial charge in [0.1, 0.15) is 0 Å². The molecule has 0 aliphatic heterocycles. The van der Waals surface area contributed by atoms with E-state index in [1.54, 1.807) is 0 Å². The molecule has 3 nitrogen and oxygen atoms in total. The molecular weight excluding hydrogens is 212 g/mol. The molecule has 1 fully saturated rings. The molecule has 0 spiro atoms. The minimum Gasteiger partial charge on any atom is -0.349 e. The smallest absolute Gasteiger partial charge is 0.253 e. The average Bonchev–Trinajstić information content (AvgIpc) is 3.08. The highest BCUT2D eigenvalue weighted by Crippen LogP contribution is 2.26. The second kappa shape index (κ2) is 3.62. The molecule has 3 heteroatoms. The lowest BCUT2D eigenvalue weighted by atomic mass is 10.1. The lowest BCUT2D eigenvalue weighted by Crippen LogP contribution is -2.25. The molecule has 0 unspecified atom stereocenters. The van der Waals surface area contributed by atoms with Crippen molar-refractivity contribution in [3.63, 3.8) is 0 Å². The Hall–Kier alpha value is -1.77. The molecule has 88 valence electrons. The van der Waals surface area contributed by atoms with Crippen molar-refractivity contribution < 1.29 is 4.79 Å². The summed E-state index contributed by atoms with van der Waals surface area (Å²) in [6, 6.07) is 8.46. The molecule has 1 aromatic carbocycles. The lowest BCUT2D eigenvalue weighted by Gasteiger charge is -2.03. The van der Waals surface area contributed by atoms with Crippen LogP contribution >= 0.6 is 0 Å². The highest BCUT2D eigenvalue weighted by atomic mass is 16.1. The molecule has 0 bridgehead atoms. The van der Waals surface area contributed by atoms with Gasteiger partial charge in [-0.1, -0.05) is 18.2 Å². The van der Waals surface area contributed by atoms with Crippen molar-refractivity contribution in [2.75, 3.05) is 0 Å². The van der Waals surface area contributed by atoms with Crippen molar-refractivity contribution in [2.45, 2.75) is 25.8 Å². The fourth-order valence-electron chi connectivity index (χ4n) is 2.29. The van der Waals surface area contributed by atoms with Crippen LogP contribution in [0.15, 0.2) is 24.3 Å². The Balaban J connectivity index is 2.13. The van der Waals surface area contributed by atoms with E-state index in [9.17, 15) is 4.79 Å². The third-order valence-electron chi connectivity index (χ3n) is 3.54. The van der Waals surface area contributed by atoms with Gasteiger partial charge in [0, 0.05) is 29.7 Å². The molecule has 2 aromatic rings. The summed E-state index contributed by atoms with van der Waals surface area (Å²) in [5.41, 5.74) is 2.98. The number of para-hydroxylation sites is 1. The number of nitrogens with one attached hydrogen (secondary N) is 1. The Morgan fingerprint density at radius 3 is 2.76 bits per heavy atom. The molecule has 0 atom stereocenters. The van der Waals surface area contributed by atoms with Crippen molar-refractivity contribution in [3.8, 4) is 0 Å². The Morgan fingerprint density at radius 1 is 1.35 bits per heavy atom. The Bertz CT molecular complexity index is 594. The van der Waals surface area contributed by atoms with E-state index in [0.29, 0.717) is 6.04 Å². The summed E-state index contributed by atoms with van der Waals surface area (Å²) in [7, 11) is 2.01. The van der Waals surface area contributed by atoms with E-state index < -0.39 is 0 Å². The van der Waals surface area contributed by atoms with Gasteiger partial charge in [0.25, 0.3) is 5.91 Å².